The normalized spacial score (nSPS) is 20.6. The number of carbonyl (C=O) groups excluding carboxylic acids is 3. The van der Waals surface area contributed by atoms with E-state index in [1.165, 1.54) is 33.4 Å². The van der Waals surface area contributed by atoms with Crippen LogP contribution < -0.4 is 0 Å². The molecule has 5 rings (SSSR count). The first-order chi connectivity index (χ1) is 18.8. The number of benzene rings is 1. The summed E-state index contributed by atoms with van der Waals surface area (Å²) >= 11 is 0. The Morgan fingerprint density at radius 2 is 1.69 bits per heavy atom. The van der Waals surface area contributed by atoms with Crippen LogP contribution in [-0.4, -0.2) is 77.3 Å². The number of ether oxygens (including phenoxy) is 4. The van der Waals surface area contributed by atoms with Crippen molar-refractivity contribution in [3.63, 3.8) is 0 Å². The summed E-state index contributed by atoms with van der Waals surface area (Å²) in [5, 5.41) is 8.46. The highest BCUT2D eigenvalue weighted by atomic mass is 16.7. The highest BCUT2D eigenvalue weighted by molar-refractivity contribution is 5.85. The highest BCUT2D eigenvalue weighted by Crippen LogP contribution is 2.36. The number of carbonyl (C=O) groups is 3. The fourth-order valence-corrected chi connectivity index (χ4v) is 4.40. The van der Waals surface area contributed by atoms with E-state index in [0.29, 0.717) is 29.1 Å². The van der Waals surface area contributed by atoms with Crippen LogP contribution in [0.3, 0.4) is 0 Å². The molecule has 14 nitrogen and oxygen atoms in total. The first-order valence-electron chi connectivity index (χ1n) is 12.1. The average Bonchev–Trinajstić information content (AvgIpc) is 3.61. The van der Waals surface area contributed by atoms with E-state index in [1.807, 2.05) is 30.3 Å². The molecule has 1 aliphatic heterocycles. The lowest BCUT2D eigenvalue weighted by Crippen LogP contribution is -2.40. The molecular formula is C25H25N7O7. The van der Waals surface area contributed by atoms with Gasteiger partial charge in [0.2, 0.25) is 0 Å². The molecular weight excluding hydrogens is 510 g/mol. The molecule has 202 valence electrons. The Morgan fingerprint density at radius 3 is 2.41 bits per heavy atom. The minimum absolute atomic E-state index is 0.223. The van der Waals surface area contributed by atoms with E-state index in [9.17, 15) is 14.4 Å². The predicted octanol–water partition coefficient (Wildman–Crippen LogP) is 1.46. The standard InChI is InChI=1S/C25H25N7O7/c1-14(33)36-11-19-22(37-15(2)34)23(38-16(3)35)25(39-19)32-13-28-21-20(26-12-27-24(21)32)18-10-31(30-29-18)9-17-7-5-4-6-8-17/h4-8,10,12-13,19,22-23,25H,9,11H2,1-3H3/t19-,22-,23-,25-/m1/s1. The number of rotatable bonds is 8. The summed E-state index contributed by atoms with van der Waals surface area (Å²) in [5.74, 6) is -1.78. The smallest absolute Gasteiger partial charge is 0.303 e. The monoisotopic (exact) mass is 535 g/mol. The van der Waals surface area contributed by atoms with Crippen LogP contribution in [0.5, 0.6) is 0 Å². The summed E-state index contributed by atoms with van der Waals surface area (Å²) in [6.45, 7) is 4.00. The van der Waals surface area contributed by atoms with Crippen molar-refractivity contribution in [1.29, 1.82) is 0 Å². The maximum absolute atomic E-state index is 12.0. The Hall–Kier alpha value is -4.72. The minimum Gasteiger partial charge on any atom is -0.463 e. The average molecular weight is 536 g/mol. The summed E-state index contributed by atoms with van der Waals surface area (Å²) in [6.07, 6.45) is 0.526. The molecule has 4 aromatic rings. The van der Waals surface area contributed by atoms with Gasteiger partial charge in [-0.2, -0.15) is 0 Å². The van der Waals surface area contributed by atoms with Crippen molar-refractivity contribution in [1.82, 2.24) is 34.5 Å². The van der Waals surface area contributed by atoms with E-state index in [0.717, 1.165) is 5.56 Å². The van der Waals surface area contributed by atoms with Gasteiger partial charge in [0.1, 0.15) is 35.9 Å². The summed E-state index contributed by atoms with van der Waals surface area (Å²) in [4.78, 5) is 48.5. The maximum atomic E-state index is 12.0. The SMILES string of the molecule is CC(=O)OC[C@H]1O[C@@H](n2cnc3c(-c4cn(Cc5ccccc5)nn4)ncnc32)[C@H](OC(C)=O)[C@@H]1OC(C)=O. The Morgan fingerprint density at radius 1 is 0.949 bits per heavy atom. The van der Waals surface area contributed by atoms with Gasteiger partial charge in [-0.25, -0.2) is 19.6 Å². The molecule has 39 heavy (non-hydrogen) atoms. The van der Waals surface area contributed by atoms with Gasteiger partial charge in [-0.3, -0.25) is 19.0 Å². The molecule has 4 atom stereocenters. The van der Waals surface area contributed by atoms with Crippen LogP contribution in [0.1, 0.15) is 32.6 Å². The van der Waals surface area contributed by atoms with Crippen molar-refractivity contribution in [2.24, 2.45) is 0 Å². The second-order valence-electron chi connectivity index (χ2n) is 8.85. The number of imidazole rings is 1. The Balaban J connectivity index is 1.48. The minimum atomic E-state index is -1.07. The predicted molar refractivity (Wildman–Crippen MR) is 132 cm³/mol. The van der Waals surface area contributed by atoms with E-state index in [-0.39, 0.29) is 6.61 Å². The van der Waals surface area contributed by atoms with E-state index in [1.54, 1.807) is 15.4 Å². The van der Waals surface area contributed by atoms with Gasteiger partial charge in [-0.05, 0) is 5.56 Å². The van der Waals surface area contributed by atoms with E-state index in [4.69, 9.17) is 18.9 Å². The van der Waals surface area contributed by atoms with Crippen LogP contribution in [0.2, 0.25) is 0 Å². The molecule has 0 radical (unpaired) electrons. The summed E-state index contributed by atoms with van der Waals surface area (Å²) in [7, 11) is 0. The molecule has 1 fully saturated rings. The number of aromatic nitrogens is 7. The van der Waals surface area contributed by atoms with Gasteiger partial charge in [-0.15, -0.1) is 5.10 Å². The van der Waals surface area contributed by atoms with Crippen molar-refractivity contribution in [2.75, 3.05) is 6.61 Å². The lowest BCUT2D eigenvalue weighted by Gasteiger charge is -2.23. The molecule has 0 amide bonds. The largest absolute Gasteiger partial charge is 0.463 e. The van der Waals surface area contributed by atoms with Crippen molar-refractivity contribution < 1.29 is 33.3 Å². The van der Waals surface area contributed by atoms with Crippen LogP contribution in [-0.2, 0) is 39.9 Å². The molecule has 1 saturated heterocycles. The lowest BCUT2D eigenvalue weighted by atomic mass is 10.1. The van der Waals surface area contributed by atoms with Gasteiger partial charge in [0, 0.05) is 20.8 Å². The van der Waals surface area contributed by atoms with Crippen LogP contribution in [0.15, 0.2) is 49.2 Å². The summed E-state index contributed by atoms with van der Waals surface area (Å²) in [6, 6.07) is 9.82. The molecule has 0 bridgehead atoms. The zero-order chi connectivity index (χ0) is 27.5. The third-order valence-electron chi connectivity index (χ3n) is 5.94. The Labute approximate surface area is 221 Å². The van der Waals surface area contributed by atoms with Crippen molar-refractivity contribution in [2.45, 2.75) is 51.9 Å². The molecule has 14 heteroatoms. The number of nitrogens with zero attached hydrogens (tertiary/aromatic N) is 7. The Kier molecular flexibility index (Phi) is 7.27. The maximum Gasteiger partial charge on any atom is 0.303 e. The number of hydrogen-bond donors (Lipinski definition) is 0. The van der Waals surface area contributed by atoms with Gasteiger partial charge >= 0.3 is 17.9 Å². The topological polar surface area (TPSA) is 162 Å². The lowest BCUT2D eigenvalue weighted by molar-refractivity contribution is -0.166. The fraction of sp³-hybridized carbons (Fsp3) is 0.360. The summed E-state index contributed by atoms with van der Waals surface area (Å²) < 4.78 is 25.4. The molecule has 0 saturated carbocycles. The molecule has 0 aliphatic carbocycles. The first-order valence-corrected chi connectivity index (χ1v) is 12.1. The second kappa shape index (κ2) is 10.9. The van der Waals surface area contributed by atoms with Crippen molar-refractivity contribution in [3.05, 3.63) is 54.7 Å². The third kappa shape index (κ3) is 5.60. The number of fused-ring (bicyclic) bond motifs is 1. The second-order valence-corrected chi connectivity index (χ2v) is 8.85. The van der Waals surface area contributed by atoms with Crippen LogP contribution in [0.4, 0.5) is 0 Å². The van der Waals surface area contributed by atoms with Gasteiger partial charge in [0.15, 0.2) is 24.1 Å². The molecule has 1 aliphatic rings. The molecule has 0 N–H and O–H groups in total. The van der Waals surface area contributed by atoms with Crippen molar-refractivity contribution >= 4 is 29.1 Å². The number of esters is 3. The molecule has 1 aromatic carbocycles. The first kappa shape index (κ1) is 25.9. The van der Waals surface area contributed by atoms with E-state index >= 15 is 0 Å². The highest BCUT2D eigenvalue weighted by Gasteiger charge is 2.51. The fourth-order valence-electron chi connectivity index (χ4n) is 4.40. The zero-order valence-corrected chi connectivity index (χ0v) is 21.3. The van der Waals surface area contributed by atoms with Crippen molar-refractivity contribution in [3.8, 4) is 11.4 Å². The van der Waals surface area contributed by atoms with Crippen LogP contribution in [0, 0.1) is 0 Å². The quantitative estimate of drug-likeness (QED) is 0.236. The zero-order valence-electron chi connectivity index (χ0n) is 21.3. The van der Waals surface area contributed by atoms with Gasteiger partial charge in [0.05, 0.1) is 19.1 Å². The number of hydrogen-bond acceptors (Lipinski definition) is 12. The van der Waals surface area contributed by atoms with Gasteiger partial charge < -0.3 is 18.9 Å². The molecule has 4 heterocycles. The Bertz CT molecular complexity index is 1500. The van der Waals surface area contributed by atoms with Crippen LogP contribution >= 0.6 is 0 Å². The molecule has 0 spiro atoms. The molecule has 3 aromatic heterocycles. The van der Waals surface area contributed by atoms with Gasteiger partial charge in [-0.1, -0.05) is 35.5 Å². The summed E-state index contributed by atoms with van der Waals surface area (Å²) in [5.41, 5.74) is 2.74. The van der Waals surface area contributed by atoms with Gasteiger partial charge in [0.25, 0.3) is 0 Å². The third-order valence-corrected chi connectivity index (χ3v) is 5.94. The van der Waals surface area contributed by atoms with E-state index < -0.39 is 42.4 Å². The van der Waals surface area contributed by atoms with E-state index in [2.05, 4.69) is 25.3 Å². The molecule has 0 unspecified atom stereocenters. The van der Waals surface area contributed by atoms with Crippen LogP contribution in [0.25, 0.3) is 22.6 Å².